The van der Waals surface area contributed by atoms with Crippen molar-refractivity contribution in [2.24, 2.45) is 0 Å². The molecule has 0 bridgehead atoms. The summed E-state index contributed by atoms with van der Waals surface area (Å²) in [5.74, 6) is 2.17. The number of hydrogen-bond acceptors (Lipinski definition) is 5. The van der Waals surface area contributed by atoms with E-state index in [9.17, 15) is 4.79 Å². The number of thioether (sulfide) groups is 1. The molecule has 0 N–H and O–H groups in total. The van der Waals surface area contributed by atoms with Crippen LogP contribution in [0.1, 0.15) is 33.9 Å². The van der Waals surface area contributed by atoms with Crippen molar-refractivity contribution in [3.8, 4) is 0 Å². The first-order chi connectivity index (χ1) is 8.93. The minimum atomic E-state index is -0.243. The maximum absolute atomic E-state index is 12.1. The number of rotatable bonds is 3. The lowest BCUT2D eigenvalue weighted by Gasteiger charge is -2.35. The summed E-state index contributed by atoms with van der Waals surface area (Å²) in [6.45, 7) is 9.21. The zero-order chi connectivity index (χ0) is 14.0. The Kier molecular flexibility index (Phi) is 4.20. The van der Waals surface area contributed by atoms with E-state index in [0.29, 0.717) is 5.94 Å². The molecule has 2 heterocycles. The fourth-order valence-electron chi connectivity index (χ4n) is 2.24. The van der Waals surface area contributed by atoms with Gasteiger partial charge in [-0.1, -0.05) is 0 Å². The van der Waals surface area contributed by atoms with Gasteiger partial charge in [0.1, 0.15) is 12.0 Å². The molecule has 0 aliphatic carbocycles. The van der Waals surface area contributed by atoms with E-state index in [1.807, 2.05) is 6.07 Å². The standard InChI is InChI=1S/C13H21N3O2S/c1-5-16(13(2,3)4)10-6-7-15(12(17)14-10)11-8-19-9-18-11/h6-7,11H,5,8-9H2,1-4H3/t11-/m0/s1. The highest BCUT2D eigenvalue weighted by Gasteiger charge is 2.23. The molecule has 0 radical (unpaired) electrons. The predicted molar refractivity (Wildman–Crippen MR) is 78.7 cm³/mol. The molecule has 19 heavy (non-hydrogen) atoms. The van der Waals surface area contributed by atoms with Gasteiger partial charge in [0.05, 0.1) is 5.94 Å². The lowest BCUT2D eigenvalue weighted by atomic mass is 10.1. The molecule has 1 aromatic rings. The van der Waals surface area contributed by atoms with Gasteiger partial charge in [-0.25, -0.2) is 4.79 Å². The van der Waals surface area contributed by atoms with Crippen molar-refractivity contribution in [1.29, 1.82) is 0 Å². The Hall–Kier alpha value is -1.01. The Morgan fingerprint density at radius 3 is 2.79 bits per heavy atom. The van der Waals surface area contributed by atoms with E-state index >= 15 is 0 Å². The van der Waals surface area contributed by atoms with Gasteiger partial charge in [0, 0.05) is 24.0 Å². The van der Waals surface area contributed by atoms with E-state index in [2.05, 4.69) is 37.6 Å². The first-order valence-electron chi connectivity index (χ1n) is 6.49. The van der Waals surface area contributed by atoms with Crippen molar-refractivity contribution in [3.05, 3.63) is 22.7 Å². The first kappa shape index (κ1) is 14.4. The van der Waals surface area contributed by atoms with Gasteiger partial charge in [0.2, 0.25) is 0 Å². The van der Waals surface area contributed by atoms with Gasteiger partial charge in [0.25, 0.3) is 0 Å². The summed E-state index contributed by atoms with van der Waals surface area (Å²) in [4.78, 5) is 18.4. The van der Waals surface area contributed by atoms with Gasteiger partial charge in [-0.15, -0.1) is 11.8 Å². The Morgan fingerprint density at radius 2 is 2.32 bits per heavy atom. The second-order valence-electron chi connectivity index (χ2n) is 5.50. The summed E-state index contributed by atoms with van der Waals surface area (Å²) < 4.78 is 7.06. The zero-order valence-corrected chi connectivity index (χ0v) is 12.7. The van der Waals surface area contributed by atoms with Gasteiger partial charge in [-0.3, -0.25) is 4.57 Å². The van der Waals surface area contributed by atoms with E-state index < -0.39 is 0 Å². The van der Waals surface area contributed by atoms with Crippen LogP contribution in [0.3, 0.4) is 0 Å². The summed E-state index contributed by atoms with van der Waals surface area (Å²) in [6, 6.07) is 1.89. The molecule has 0 aromatic carbocycles. The fraction of sp³-hybridized carbons (Fsp3) is 0.692. The Labute approximate surface area is 118 Å². The number of nitrogens with zero attached hydrogens (tertiary/aromatic N) is 3. The summed E-state index contributed by atoms with van der Waals surface area (Å²) in [5, 5.41) is 0. The monoisotopic (exact) mass is 283 g/mol. The average Bonchev–Trinajstić information content (AvgIpc) is 2.81. The molecule has 5 nitrogen and oxygen atoms in total. The van der Waals surface area contributed by atoms with Crippen LogP contribution in [0, 0.1) is 0 Å². The molecule has 1 aromatic heterocycles. The second kappa shape index (κ2) is 5.54. The van der Waals surface area contributed by atoms with Crippen LogP contribution in [0.25, 0.3) is 0 Å². The van der Waals surface area contributed by atoms with Gasteiger partial charge in [0.15, 0.2) is 0 Å². The van der Waals surface area contributed by atoms with Gasteiger partial charge in [-0.2, -0.15) is 4.98 Å². The van der Waals surface area contributed by atoms with Crippen molar-refractivity contribution >= 4 is 17.6 Å². The zero-order valence-electron chi connectivity index (χ0n) is 11.9. The molecular formula is C13H21N3O2S. The van der Waals surface area contributed by atoms with Crippen molar-refractivity contribution in [2.75, 3.05) is 23.1 Å². The van der Waals surface area contributed by atoms with E-state index in [-0.39, 0.29) is 17.5 Å². The van der Waals surface area contributed by atoms with Gasteiger partial charge >= 0.3 is 5.69 Å². The minimum absolute atomic E-state index is 0.0555. The van der Waals surface area contributed by atoms with Crippen LogP contribution < -0.4 is 10.6 Å². The molecule has 1 aliphatic rings. The van der Waals surface area contributed by atoms with Crippen LogP contribution in [0.2, 0.25) is 0 Å². The van der Waals surface area contributed by atoms with Gasteiger partial charge < -0.3 is 9.64 Å². The predicted octanol–water partition coefficient (Wildman–Crippen LogP) is 2.09. The molecule has 1 fully saturated rings. The third-order valence-electron chi connectivity index (χ3n) is 3.13. The maximum Gasteiger partial charge on any atom is 0.351 e. The molecule has 0 saturated carbocycles. The van der Waals surface area contributed by atoms with Crippen molar-refractivity contribution in [2.45, 2.75) is 39.5 Å². The van der Waals surface area contributed by atoms with Crippen molar-refractivity contribution < 1.29 is 4.74 Å². The number of ether oxygens (including phenoxy) is 1. The Balaban J connectivity index is 2.30. The molecule has 1 aliphatic heterocycles. The van der Waals surface area contributed by atoms with E-state index in [1.54, 1.807) is 22.5 Å². The SMILES string of the molecule is CCN(c1ccn([C@@H]2CSCO2)c(=O)n1)C(C)(C)C. The smallest absolute Gasteiger partial charge is 0.351 e. The quantitative estimate of drug-likeness (QED) is 0.850. The summed E-state index contributed by atoms with van der Waals surface area (Å²) in [6.07, 6.45) is 1.61. The minimum Gasteiger partial charge on any atom is -0.352 e. The Bertz CT molecular complexity index is 489. The van der Waals surface area contributed by atoms with Crippen molar-refractivity contribution in [3.63, 3.8) is 0 Å². The van der Waals surface area contributed by atoms with Crippen LogP contribution in [0.4, 0.5) is 5.82 Å². The fourth-order valence-corrected chi connectivity index (χ4v) is 3.05. The lowest BCUT2D eigenvalue weighted by Crippen LogP contribution is -2.43. The maximum atomic E-state index is 12.1. The molecule has 0 spiro atoms. The molecular weight excluding hydrogens is 262 g/mol. The highest BCUT2D eigenvalue weighted by molar-refractivity contribution is 7.99. The molecule has 1 saturated heterocycles. The average molecular weight is 283 g/mol. The molecule has 0 amide bonds. The van der Waals surface area contributed by atoms with E-state index in [4.69, 9.17) is 4.74 Å². The lowest BCUT2D eigenvalue weighted by molar-refractivity contribution is 0.0639. The summed E-state index contributed by atoms with van der Waals surface area (Å²) in [7, 11) is 0. The highest BCUT2D eigenvalue weighted by atomic mass is 32.2. The summed E-state index contributed by atoms with van der Waals surface area (Å²) in [5.41, 5.74) is -0.298. The topological polar surface area (TPSA) is 47.4 Å². The van der Waals surface area contributed by atoms with Crippen LogP contribution >= 0.6 is 11.8 Å². The molecule has 6 heteroatoms. The first-order valence-corrected chi connectivity index (χ1v) is 7.65. The third kappa shape index (κ3) is 3.12. The van der Waals surface area contributed by atoms with Crippen LogP contribution in [-0.2, 0) is 4.74 Å². The van der Waals surface area contributed by atoms with E-state index in [0.717, 1.165) is 18.1 Å². The normalized spacial score (nSPS) is 19.7. The molecule has 2 rings (SSSR count). The molecule has 106 valence electrons. The van der Waals surface area contributed by atoms with Crippen LogP contribution in [0.5, 0.6) is 0 Å². The van der Waals surface area contributed by atoms with Crippen LogP contribution in [0.15, 0.2) is 17.1 Å². The van der Waals surface area contributed by atoms with Crippen molar-refractivity contribution in [1.82, 2.24) is 9.55 Å². The Morgan fingerprint density at radius 1 is 1.58 bits per heavy atom. The number of anilines is 1. The number of hydrogen-bond donors (Lipinski definition) is 0. The van der Waals surface area contributed by atoms with Crippen LogP contribution in [-0.4, -0.2) is 33.3 Å². The molecule has 1 atom stereocenters. The van der Waals surface area contributed by atoms with E-state index in [1.165, 1.54) is 0 Å². The number of aromatic nitrogens is 2. The van der Waals surface area contributed by atoms with Gasteiger partial charge in [-0.05, 0) is 33.8 Å². The summed E-state index contributed by atoms with van der Waals surface area (Å²) >= 11 is 1.68. The largest absolute Gasteiger partial charge is 0.352 e. The molecule has 0 unspecified atom stereocenters. The highest BCUT2D eigenvalue weighted by Crippen LogP contribution is 2.24. The third-order valence-corrected chi connectivity index (χ3v) is 3.96. The second-order valence-corrected chi connectivity index (χ2v) is 6.48.